The molecule has 3 rings (SSSR count). The van der Waals surface area contributed by atoms with Crippen LogP contribution < -0.4 is 10.4 Å². The first kappa shape index (κ1) is 7.97. The van der Waals surface area contributed by atoms with E-state index < -0.39 is 8.07 Å². The number of hydrogen-bond acceptors (Lipinski definition) is 2. The molecule has 0 bridgehead atoms. The lowest BCUT2D eigenvalue weighted by atomic mass is 10.2. The van der Waals surface area contributed by atoms with E-state index in [-0.39, 0.29) is 0 Å². The predicted molar refractivity (Wildman–Crippen MR) is 64.4 cm³/mol. The summed E-state index contributed by atoms with van der Waals surface area (Å²) in [6.45, 7) is 4.91. The van der Waals surface area contributed by atoms with Crippen LogP contribution in [0.5, 0.6) is 0 Å². The average molecular weight is 222 g/mol. The summed E-state index contributed by atoms with van der Waals surface area (Å²) in [5, 5.41) is 12.6. The summed E-state index contributed by atoms with van der Waals surface area (Å²) in [6, 6.07) is 0. The molecule has 0 spiro atoms. The smallest absolute Gasteiger partial charge is 0.116 e. The maximum Gasteiger partial charge on any atom is 0.116 e. The van der Waals surface area contributed by atoms with Gasteiger partial charge in [-0.25, -0.2) is 0 Å². The van der Waals surface area contributed by atoms with Crippen molar-refractivity contribution in [3.8, 4) is 11.1 Å². The summed E-state index contributed by atoms with van der Waals surface area (Å²) < 4.78 is 0. The van der Waals surface area contributed by atoms with Crippen LogP contribution in [-0.2, 0) is 0 Å². The van der Waals surface area contributed by atoms with E-state index in [9.17, 15) is 0 Å². The minimum atomic E-state index is -1.26. The standard InChI is InChI=1S/C10H10S2Si/c1-13(2)9-5-11-3-7(9)8-4-12-6-10(8)13/h3-6H,1-2H3. The molecule has 0 aromatic carbocycles. The fourth-order valence-corrected chi connectivity index (χ4v) is 8.59. The summed E-state index contributed by atoms with van der Waals surface area (Å²) in [6.07, 6.45) is 0. The van der Waals surface area contributed by atoms with Gasteiger partial charge >= 0.3 is 0 Å². The van der Waals surface area contributed by atoms with Crippen LogP contribution in [0.4, 0.5) is 0 Å². The molecule has 0 aliphatic carbocycles. The minimum absolute atomic E-state index is 1.26. The van der Waals surface area contributed by atoms with Crippen LogP contribution in [0.25, 0.3) is 11.1 Å². The summed E-state index contributed by atoms with van der Waals surface area (Å²) >= 11 is 3.70. The number of rotatable bonds is 0. The van der Waals surface area contributed by atoms with Gasteiger partial charge in [0.2, 0.25) is 0 Å². The van der Waals surface area contributed by atoms with E-state index in [2.05, 4.69) is 34.6 Å². The van der Waals surface area contributed by atoms with Crippen molar-refractivity contribution < 1.29 is 0 Å². The van der Waals surface area contributed by atoms with Gasteiger partial charge in [0.25, 0.3) is 0 Å². The van der Waals surface area contributed by atoms with Gasteiger partial charge in [0.05, 0.1) is 0 Å². The summed E-state index contributed by atoms with van der Waals surface area (Å²) in [5.41, 5.74) is 3.05. The average Bonchev–Trinajstić information content (AvgIpc) is 2.74. The monoisotopic (exact) mass is 222 g/mol. The normalized spacial score (nSPS) is 17.1. The summed E-state index contributed by atoms with van der Waals surface area (Å²) in [7, 11) is -1.26. The second-order valence-corrected chi connectivity index (χ2v) is 9.84. The molecular formula is C10H10S2Si. The molecule has 0 N–H and O–H groups in total. The number of hydrogen-bond donors (Lipinski definition) is 0. The Hall–Kier alpha value is -0.383. The lowest BCUT2D eigenvalue weighted by Crippen LogP contribution is -2.48. The molecule has 0 saturated carbocycles. The van der Waals surface area contributed by atoms with E-state index >= 15 is 0 Å². The summed E-state index contributed by atoms with van der Waals surface area (Å²) in [5.74, 6) is 0. The molecule has 0 unspecified atom stereocenters. The molecule has 2 aromatic heterocycles. The van der Waals surface area contributed by atoms with Crippen LogP contribution in [0.2, 0.25) is 13.1 Å². The van der Waals surface area contributed by atoms with E-state index in [1.807, 2.05) is 22.7 Å². The zero-order chi connectivity index (χ0) is 9.05. The highest BCUT2D eigenvalue weighted by molar-refractivity contribution is 7.17. The Kier molecular flexibility index (Phi) is 1.44. The van der Waals surface area contributed by atoms with Gasteiger partial charge in [-0.3, -0.25) is 0 Å². The van der Waals surface area contributed by atoms with E-state index in [0.717, 1.165) is 0 Å². The molecule has 3 heteroatoms. The second-order valence-electron chi connectivity index (χ2n) is 4.02. The van der Waals surface area contributed by atoms with Crippen molar-refractivity contribution in [3.63, 3.8) is 0 Å². The maximum atomic E-state index is 2.46. The molecule has 3 heterocycles. The van der Waals surface area contributed by atoms with E-state index in [0.29, 0.717) is 0 Å². The molecule has 2 aromatic rings. The Labute approximate surface area is 86.9 Å². The maximum absolute atomic E-state index is 2.46. The van der Waals surface area contributed by atoms with Crippen molar-refractivity contribution in [2.45, 2.75) is 13.1 Å². The highest BCUT2D eigenvalue weighted by Gasteiger charge is 2.38. The number of thiophene rings is 2. The van der Waals surface area contributed by atoms with Gasteiger partial charge in [0, 0.05) is 0 Å². The Morgan fingerprint density at radius 1 is 0.846 bits per heavy atom. The van der Waals surface area contributed by atoms with Crippen molar-refractivity contribution in [1.82, 2.24) is 0 Å². The molecule has 0 radical (unpaired) electrons. The minimum Gasteiger partial charge on any atom is -0.152 e. The molecule has 0 atom stereocenters. The van der Waals surface area contributed by atoms with Gasteiger partial charge in [-0.15, -0.1) is 0 Å². The van der Waals surface area contributed by atoms with Gasteiger partial charge in [0.1, 0.15) is 8.07 Å². The molecule has 66 valence electrons. The van der Waals surface area contributed by atoms with Gasteiger partial charge in [0.15, 0.2) is 0 Å². The van der Waals surface area contributed by atoms with Crippen LogP contribution in [0.1, 0.15) is 0 Å². The Bertz CT molecular complexity index is 422. The van der Waals surface area contributed by atoms with Crippen molar-refractivity contribution in [1.29, 1.82) is 0 Å². The quantitative estimate of drug-likeness (QED) is 0.601. The second kappa shape index (κ2) is 2.35. The first-order valence-corrected chi connectivity index (χ1v) is 9.23. The van der Waals surface area contributed by atoms with Gasteiger partial charge < -0.3 is 0 Å². The van der Waals surface area contributed by atoms with Gasteiger partial charge in [-0.1, -0.05) is 13.1 Å². The molecular weight excluding hydrogens is 212 g/mol. The van der Waals surface area contributed by atoms with Crippen molar-refractivity contribution in [2.75, 3.05) is 0 Å². The van der Waals surface area contributed by atoms with Crippen LogP contribution in [0, 0.1) is 0 Å². The third-order valence-corrected chi connectivity index (χ3v) is 8.39. The SMILES string of the molecule is C[Si]1(C)c2cscc2-c2cscc21. The van der Waals surface area contributed by atoms with E-state index in [1.54, 1.807) is 10.4 Å². The topological polar surface area (TPSA) is 0 Å². The molecule has 0 saturated heterocycles. The Morgan fingerprint density at radius 2 is 1.31 bits per heavy atom. The first-order chi connectivity index (χ1) is 6.21. The van der Waals surface area contributed by atoms with Gasteiger partial charge in [-0.2, -0.15) is 22.7 Å². The van der Waals surface area contributed by atoms with Crippen LogP contribution in [0.15, 0.2) is 21.5 Å². The van der Waals surface area contributed by atoms with Crippen LogP contribution in [0.3, 0.4) is 0 Å². The fraction of sp³-hybridized carbons (Fsp3) is 0.200. The molecule has 0 amide bonds. The lowest BCUT2D eigenvalue weighted by molar-refractivity contribution is 1.88. The third kappa shape index (κ3) is 0.847. The van der Waals surface area contributed by atoms with E-state index in [1.165, 1.54) is 11.1 Å². The highest BCUT2D eigenvalue weighted by atomic mass is 32.1. The zero-order valence-corrected chi connectivity index (χ0v) is 10.3. The van der Waals surface area contributed by atoms with E-state index in [4.69, 9.17) is 0 Å². The highest BCUT2D eigenvalue weighted by Crippen LogP contribution is 2.32. The largest absolute Gasteiger partial charge is 0.152 e. The first-order valence-electron chi connectivity index (χ1n) is 4.35. The summed E-state index contributed by atoms with van der Waals surface area (Å²) in [4.78, 5) is 0. The Balaban J connectivity index is 2.44. The van der Waals surface area contributed by atoms with Gasteiger partial charge in [-0.05, 0) is 43.0 Å². The molecule has 1 aliphatic rings. The fourth-order valence-electron chi connectivity index (χ4n) is 2.12. The molecule has 0 nitrogen and oxygen atoms in total. The molecule has 0 fully saturated rings. The molecule has 1 aliphatic heterocycles. The number of fused-ring (bicyclic) bond motifs is 3. The van der Waals surface area contributed by atoms with Crippen molar-refractivity contribution in [2.24, 2.45) is 0 Å². The Morgan fingerprint density at radius 3 is 1.77 bits per heavy atom. The third-order valence-electron chi connectivity index (χ3n) is 2.96. The lowest BCUT2D eigenvalue weighted by Gasteiger charge is -2.15. The van der Waals surface area contributed by atoms with Crippen molar-refractivity contribution >= 4 is 41.1 Å². The predicted octanol–water partition coefficient (Wildman–Crippen LogP) is 2.61. The van der Waals surface area contributed by atoms with Crippen molar-refractivity contribution in [3.05, 3.63) is 21.5 Å². The zero-order valence-electron chi connectivity index (χ0n) is 7.63. The molecule has 13 heavy (non-hydrogen) atoms. The van der Waals surface area contributed by atoms with Crippen LogP contribution in [-0.4, -0.2) is 8.07 Å². The van der Waals surface area contributed by atoms with Crippen LogP contribution >= 0.6 is 22.7 Å².